The second kappa shape index (κ2) is 5.72. The molecule has 114 valence electrons. The van der Waals surface area contributed by atoms with Crippen LogP contribution in [0.2, 0.25) is 0 Å². The fourth-order valence-corrected chi connectivity index (χ4v) is 2.21. The molecule has 0 bridgehead atoms. The smallest absolute Gasteiger partial charge is 0.270 e. The molecule has 0 unspecified atom stereocenters. The molecule has 0 radical (unpaired) electrons. The summed E-state index contributed by atoms with van der Waals surface area (Å²) in [4.78, 5) is 29.3. The molecule has 7 heteroatoms. The summed E-state index contributed by atoms with van der Waals surface area (Å²) in [5.41, 5.74) is 7.49. The number of non-ortho nitro benzene ring substituents is 1. The van der Waals surface area contributed by atoms with Gasteiger partial charge in [0.15, 0.2) is 0 Å². The van der Waals surface area contributed by atoms with Crippen molar-refractivity contribution in [2.75, 3.05) is 5.73 Å². The molecule has 1 aromatic heterocycles. The summed E-state index contributed by atoms with van der Waals surface area (Å²) in [6.07, 6.45) is 0. The summed E-state index contributed by atoms with van der Waals surface area (Å²) >= 11 is 0. The lowest BCUT2D eigenvalue weighted by Crippen LogP contribution is -2.08. The average Bonchev–Trinajstić information content (AvgIpc) is 2.54. The Morgan fingerprint density at radius 2 is 1.78 bits per heavy atom. The maximum absolute atomic E-state index is 11.9. The maximum Gasteiger partial charge on any atom is 0.270 e. The predicted molar refractivity (Wildman–Crippen MR) is 86.8 cm³/mol. The van der Waals surface area contributed by atoms with Gasteiger partial charge in [0.25, 0.3) is 11.2 Å². The van der Waals surface area contributed by atoms with E-state index in [2.05, 4.69) is 9.97 Å². The van der Waals surface area contributed by atoms with Crippen LogP contribution in [0.3, 0.4) is 0 Å². The Balaban J connectivity index is 2.13. The van der Waals surface area contributed by atoms with Gasteiger partial charge in [-0.25, -0.2) is 4.98 Å². The minimum atomic E-state index is -0.497. The number of nitrogens with two attached hydrogens (primary N) is 1. The third-order valence-electron chi connectivity index (χ3n) is 3.25. The standard InChI is InChI=1S/C16H12N4O3/c17-12-5-1-3-10(7-12)14-9-15(21)19-16(18-14)11-4-2-6-13(8-11)20(22)23/h1-9H,17H2,(H,18,19,21). The summed E-state index contributed by atoms with van der Waals surface area (Å²) in [6.45, 7) is 0. The predicted octanol–water partition coefficient (Wildman–Crippen LogP) is 2.59. The lowest BCUT2D eigenvalue weighted by atomic mass is 10.1. The lowest BCUT2D eigenvalue weighted by Gasteiger charge is -2.05. The molecular formula is C16H12N4O3. The van der Waals surface area contributed by atoms with Gasteiger partial charge in [-0.2, -0.15) is 0 Å². The van der Waals surface area contributed by atoms with E-state index in [-0.39, 0.29) is 17.1 Å². The quantitative estimate of drug-likeness (QED) is 0.438. The molecule has 0 aliphatic rings. The van der Waals surface area contributed by atoms with Crippen molar-refractivity contribution in [2.45, 2.75) is 0 Å². The van der Waals surface area contributed by atoms with Gasteiger partial charge >= 0.3 is 0 Å². The number of rotatable bonds is 3. The first-order valence-corrected chi connectivity index (χ1v) is 6.75. The van der Waals surface area contributed by atoms with Gasteiger partial charge in [0.1, 0.15) is 5.82 Å². The van der Waals surface area contributed by atoms with E-state index >= 15 is 0 Å². The molecule has 3 rings (SSSR count). The van der Waals surface area contributed by atoms with E-state index in [0.717, 1.165) is 0 Å². The molecule has 7 nitrogen and oxygen atoms in total. The molecular weight excluding hydrogens is 296 g/mol. The Labute approximate surface area is 130 Å². The van der Waals surface area contributed by atoms with E-state index in [1.807, 2.05) is 0 Å². The Bertz CT molecular complexity index is 950. The number of anilines is 1. The molecule has 1 heterocycles. The van der Waals surface area contributed by atoms with Crippen molar-refractivity contribution in [3.8, 4) is 22.6 Å². The van der Waals surface area contributed by atoms with Gasteiger partial charge in [-0.05, 0) is 12.1 Å². The highest BCUT2D eigenvalue weighted by atomic mass is 16.6. The van der Waals surface area contributed by atoms with E-state index in [1.165, 1.54) is 18.2 Å². The summed E-state index contributed by atoms with van der Waals surface area (Å²) in [6, 6.07) is 14.3. The zero-order chi connectivity index (χ0) is 16.4. The van der Waals surface area contributed by atoms with Gasteiger partial charge in [0, 0.05) is 35.0 Å². The number of hydrogen-bond donors (Lipinski definition) is 2. The maximum atomic E-state index is 11.9. The van der Waals surface area contributed by atoms with E-state index in [0.29, 0.717) is 22.5 Å². The van der Waals surface area contributed by atoms with E-state index in [9.17, 15) is 14.9 Å². The first-order chi connectivity index (χ1) is 11.0. The third-order valence-corrected chi connectivity index (χ3v) is 3.25. The topological polar surface area (TPSA) is 115 Å². The Kier molecular flexibility index (Phi) is 3.60. The van der Waals surface area contributed by atoms with Crippen LogP contribution in [-0.2, 0) is 0 Å². The first-order valence-electron chi connectivity index (χ1n) is 6.75. The molecule has 0 fully saturated rings. The molecule has 3 N–H and O–H groups in total. The number of nitro groups is 1. The van der Waals surface area contributed by atoms with Crippen LogP contribution in [-0.4, -0.2) is 14.9 Å². The second-order valence-electron chi connectivity index (χ2n) is 4.91. The first kappa shape index (κ1) is 14.5. The van der Waals surface area contributed by atoms with Crippen molar-refractivity contribution in [2.24, 2.45) is 0 Å². The van der Waals surface area contributed by atoms with Gasteiger partial charge in [-0.3, -0.25) is 14.9 Å². The highest BCUT2D eigenvalue weighted by Crippen LogP contribution is 2.23. The number of nitrogens with zero attached hydrogens (tertiary/aromatic N) is 2. The number of aromatic amines is 1. The molecule has 3 aromatic rings. The van der Waals surface area contributed by atoms with Crippen molar-refractivity contribution >= 4 is 11.4 Å². The van der Waals surface area contributed by atoms with E-state index in [4.69, 9.17) is 5.73 Å². The van der Waals surface area contributed by atoms with Gasteiger partial charge in [0.2, 0.25) is 0 Å². The van der Waals surface area contributed by atoms with Gasteiger partial charge in [-0.1, -0.05) is 24.3 Å². The summed E-state index contributed by atoms with van der Waals surface area (Å²) in [5.74, 6) is 0.263. The zero-order valence-corrected chi connectivity index (χ0v) is 11.9. The number of aromatic nitrogens is 2. The molecule has 2 aromatic carbocycles. The molecule has 0 spiro atoms. The number of nitrogens with one attached hydrogen (secondary N) is 1. The van der Waals surface area contributed by atoms with Gasteiger partial charge in [-0.15, -0.1) is 0 Å². The SMILES string of the molecule is Nc1cccc(-c2cc(=O)[nH]c(-c3cccc([N+](=O)[O-])c3)n2)c1. The number of H-pyrrole nitrogens is 1. The summed E-state index contributed by atoms with van der Waals surface area (Å²) in [5, 5.41) is 10.9. The fourth-order valence-electron chi connectivity index (χ4n) is 2.21. The van der Waals surface area contributed by atoms with Crippen LogP contribution in [0.5, 0.6) is 0 Å². The van der Waals surface area contributed by atoms with Gasteiger partial charge in [0.05, 0.1) is 10.6 Å². The Hall–Kier alpha value is -3.48. The summed E-state index contributed by atoms with van der Waals surface area (Å²) < 4.78 is 0. The molecule has 0 amide bonds. The highest BCUT2D eigenvalue weighted by Gasteiger charge is 2.10. The third kappa shape index (κ3) is 3.08. The monoisotopic (exact) mass is 308 g/mol. The molecule has 0 aliphatic heterocycles. The summed E-state index contributed by atoms with van der Waals surface area (Å²) in [7, 11) is 0. The molecule has 0 aliphatic carbocycles. The van der Waals surface area contributed by atoms with E-state index < -0.39 is 4.92 Å². The number of nitro benzene ring substituents is 1. The van der Waals surface area contributed by atoms with E-state index in [1.54, 1.807) is 36.4 Å². The molecule has 0 atom stereocenters. The normalized spacial score (nSPS) is 10.4. The number of benzene rings is 2. The van der Waals surface area contributed by atoms with Crippen LogP contribution in [0, 0.1) is 10.1 Å². The van der Waals surface area contributed by atoms with Crippen molar-refractivity contribution in [3.05, 3.63) is 75.1 Å². The average molecular weight is 308 g/mol. The van der Waals surface area contributed by atoms with Crippen LogP contribution in [0.25, 0.3) is 22.6 Å². The van der Waals surface area contributed by atoms with Crippen molar-refractivity contribution in [1.29, 1.82) is 0 Å². The molecule has 23 heavy (non-hydrogen) atoms. The van der Waals surface area contributed by atoms with Crippen LogP contribution >= 0.6 is 0 Å². The largest absolute Gasteiger partial charge is 0.399 e. The number of nitrogen functional groups attached to an aromatic ring is 1. The molecule has 0 saturated carbocycles. The number of hydrogen-bond acceptors (Lipinski definition) is 5. The molecule has 0 saturated heterocycles. The Morgan fingerprint density at radius 1 is 1.04 bits per heavy atom. The zero-order valence-electron chi connectivity index (χ0n) is 11.9. The van der Waals surface area contributed by atoms with Crippen LogP contribution < -0.4 is 11.3 Å². The van der Waals surface area contributed by atoms with Gasteiger partial charge < -0.3 is 10.7 Å². The Morgan fingerprint density at radius 3 is 2.52 bits per heavy atom. The van der Waals surface area contributed by atoms with Crippen LogP contribution in [0.1, 0.15) is 0 Å². The second-order valence-corrected chi connectivity index (χ2v) is 4.91. The van der Waals surface area contributed by atoms with Crippen molar-refractivity contribution in [3.63, 3.8) is 0 Å². The highest BCUT2D eigenvalue weighted by molar-refractivity contribution is 5.67. The lowest BCUT2D eigenvalue weighted by molar-refractivity contribution is -0.384. The minimum absolute atomic E-state index is 0.0699. The van der Waals surface area contributed by atoms with Crippen molar-refractivity contribution in [1.82, 2.24) is 9.97 Å². The minimum Gasteiger partial charge on any atom is -0.399 e. The van der Waals surface area contributed by atoms with Crippen molar-refractivity contribution < 1.29 is 4.92 Å². The fraction of sp³-hybridized carbons (Fsp3) is 0. The van der Waals surface area contributed by atoms with Crippen LogP contribution in [0.4, 0.5) is 11.4 Å². The van der Waals surface area contributed by atoms with Crippen LogP contribution in [0.15, 0.2) is 59.4 Å².